The van der Waals surface area contributed by atoms with Crippen molar-refractivity contribution in [2.45, 2.75) is 47.4 Å². The zero-order chi connectivity index (χ0) is 13.6. The summed E-state index contributed by atoms with van der Waals surface area (Å²) in [5.74, 6) is 0.841. The fourth-order valence-electron chi connectivity index (χ4n) is 1.67. The van der Waals surface area contributed by atoms with Crippen molar-refractivity contribution < 1.29 is 26.9 Å². The SMILES string of the molecule is CCCn1cc[n+](COCC(C)(C)C)c1C=NO.[Cl-]. The van der Waals surface area contributed by atoms with E-state index in [0.29, 0.717) is 13.3 Å². The number of hydrogen-bond donors (Lipinski definition) is 1. The third-order valence-electron chi connectivity index (χ3n) is 2.42. The molecule has 0 aliphatic heterocycles. The molecular formula is C13H24ClN3O2. The Hall–Kier alpha value is -1.07. The average Bonchev–Trinajstić information content (AvgIpc) is 2.62. The average molecular weight is 290 g/mol. The highest BCUT2D eigenvalue weighted by atomic mass is 35.5. The van der Waals surface area contributed by atoms with E-state index in [1.165, 1.54) is 6.21 Å². The highest BCUT2D eigenvalue weighted by molar-refractivity contribution is 5.72. The minimum Gasteiger partial charge on any atom is -1.00 e. The summed E-state index contributed by atoms with van der Waals surface area (Å²) in [6.07, 6.45) is 6.39. The maximum Gasteiger partial charge on any atom is 0.305 e. The Bertz CT molecular complexity index is 397. The molecule has 0 atom stereocenters. The summed E-state index contributed by atoms with van der Waals surface area (Å²) in [7, 11) is 0. The number of aryl methyl sites for hydroxylation is 1. The molecule has 0 aromatic carbocycles. The molecule has 1 heterocycles. The molecule has 0 saturated carbocycles. The smallest absolute Gasteiger partial charge is 0.305 e. The van der Waals surface area contributed by atoms with Crippen LogP contribution in [0.3, 0.4) is 0 Å². The van der Waals surface area contributed by atoms with E-state index in [0.717, 1.165) is 18.8 Å². The van der Waals surface area contributed by atoms with Crippen LogP contribution in [-0.4, -0.2) is 22.6 Å². The molecule has 110 valence electrons. The molecule has 1 aromatic rings. The molecule has 5 nitrogen and oxygen atoms in total. The van der Waals surface area contributed by atoms with Gasteiger partial charge in [-0.2, -0.15) is 0 Å². The van der Waals surface area contributed by atoms with Crippen LogP contribution in [0.2, 0.25) is 0 Å². The summed E-state index contributed by atoms with van der Waals surface area (Å²) in [5.41, 5.74) is 0.151. The Morgan fingerprint density at radius 1 is 1.47 bits per heavy atom. The normalized spacial score (nSPS) is 11.8. The van der Waals surface area contributed by atoms with Gasteiger partial charge in [0.2, 0.25) is 0 Å². The predicted molar refractivity (Wildman–Crippen MR) is 69.7 cm³/mol. The van der Waals surface area contributed by atoms with Crippen molar-refractivity contribution in [1.82, 2.24) is 4.57 Å². The van der Waals surface area contributed by atoms with Crippen LogP contribution in [0.4, 0.5) is 0 Å². The van der Waals surface area contributed by atoms with Gasteiger partial charge < -0.3 is 22.4 Å². The Labute approximate surface area is 121 Å². The van der Waals surface area contributed by atoms with Gasteiger partial charge in [0.05, 0.1) is 13.2 Å². The molecule has 1 N–H and O–H groups in total. The minimum absolute atomic E-state index is 0. The first-order valence-electron chi connectivity index (χ1n) is 6.31. The molecule has 1 aromatic heterocycles. The van der Waals surface area contributed by atoms with E-state index in [-0.39, 0.29) is 17.8 Å². The van der Waals surface area contributed by atoms with Gasteiger partial charge in [-0.15, -0.1) is 0 Å². The highest BCUT2D eigenvalue weighted by Crippen LogP contribution is 2.12. The van der Waals surface area contributed by atoms with Crippen molar-refractivity contribution in [3.05, 3.63) is 18.2 Å². The lowest BCUT2D eigenvalue weighted by Gasteiger charge is -2.17. The Morgan fingerprint density at radius 2 is 2.16 bits per heavy atom. The third kappa shape index (κ3) is 6.07. The van der Waals surface area contributed by atoms with E-state index < -0.39 is 0 Å². The maximum atomic E-state index is 8.71. The van der Waals surface area contributed by atoms with Gasteiger partial charge in [-0.1, -0.05) is 32.9 Å². The topological polar surface area (TPSA) is 50.6 Å². The van der Waals surface area contributed by atoms with E-state index >= 15 is 0 Å². The van der Waals surface area contributed by atoms with E-state index in [2.05, 4.69) is 32.9 Å². The Balaban J connectivity index is 0.00000324. The minimum atomic E-state index is 0. The zero-order valence-corrected chi connectivity index (χ0v) is 12.9. The Morgan fingerprint density at radius 3 is 2.68 bits per heavy atom. The fourth-order valence-corrected chi connectivity index (χ4v) is 1.67. The number of nitrogens with zero attached hydrogens (tertiary/aromatic N) is 3. The van der Waals surface area contributed by atoms with Crippen LogP contribution in [0.1, 0.15) is 39.9 Å². The van der Waals surface area contributed by atoms with Crippen LogP contribution in [0.25, 0.3) is 0 Å². The highest BCUT2D eigenvalue weighted by Gasteiger charge is 2.16. The van der Waals surface area contributed by atoms with Crippen molar-refractivity contribution >= 4 is 6.21 Å². The molecule has 0 unspecified atom stereocenters. The molecule has 0 radical (unpaired) electrons. The van der Waals surface area contributed by atoms with Crippen LogP contribution < -0.4 is 17.0 Å². The van der Waals surface area contributed by atoms with Gasteiger partial charge in [0.15, 0.2) is 12.9 Å². The number of aromatic nitrogens is 2. The van der Waals surface area contributed by atoms with Crippen molar-refractivity contribution in [2.24, 2.45) is 10.6 Å². The number of oxime groups is 1. The standard InChI is InChI=1S/C13H23N3O2.ClH/c1-5-6-15-7-8-16(12(15)9-14-17)11-18-10-13(2,3)4;/h7-9H,5-6,10-11H2,1-4H3;1H. The van der Waals surface area contributed by atoms with E-state index in [9.17, 15) is 0 Å². The first-order chi connectivity index (χ1) is 8.48. The molecular weight excluding hydrogens is 266 g/mol. The predicted octanol–water partition coefficient (Wildman–Crippen LogP) is -0.982. The second kappa shape index (κ2) is 8.17. The van der Waals surface area contributed by atoms with Crippen molar-refractivity contribution in [3.8, 4) is 0 Å². The largest absolute Gasteiger partial charge is 1.00 e. The van der Waals surface area contributed by atoms with Gasteiger partial charge in [0, 0.05) is 0 Å². The summed E-state index contributed by atoms with van der Waals surface area (Å²) >= 11 is 0. The molecule has 0 bridgehead atoms. The summed E-state index contributed by atoms with van der Waals surface area (Å²) in [6, 6.07) is 0. The van der Waals surface area contributed by atoms with Gasteiger partial charge in [-0.05, 0) is 11.8 Å². The van der Waals surface area contributed by atoms with Crippen molar-refractivity contribution in [1.29, 1.82) is 0 Å². The third-order valence-corrected chi connectivity index (χ3v) is 2.42. The monoisotopic (exact) mass is 289 g/mol. The summed E-state index contributed by atoms with van der Waals surface area (Å²) < 4.78 is 9.64. The van der Waals surface area contributed by atoms with Crippen LogP contribution in [0.5, 0.6) is 0 Å². The van der Waals surface area contributed by atoms with Crippen molar-refractivity contribution in [3.63, 3.8) is 0 Å². The van der Waals surface area contributed by atoms with E-state index in [4.69, 9.17) is 9.94 Å². The number of rotatable bonds is 6. The van der Waals surface area contributed by atoms with Gasteiger partial charge in [-0.25, -0.2) is 9.13 Å². The summed E-state index contributed by atoms with van der Waals surface area (Å²) in [4.78, 5) is 0. The molecule has 0 saturated heterocycles. The summed E-state index contributed by atoms with van der Waals surface area (Å²) in [5, 5.41) is 11.8. The van der Waals surface area contributed by atoms with Gasteiger partial charge in [0.25, 0.3) is 0 Å². The summed E-state index contributed by atoms with van der Waals surface area (Å²) in [6.45, 7) is 10.6. The van der Waals surface area contributed by atoms with E-state index in [1.807, 2.05) is 21.5 Å². The van der Waals surface area contributed by atoms with Crippen LogP contribution in [-0.2, 0) is 18.0 Å². The molecule has 19 heavy (non-hydrogen) atoms. The number of imidazole rings is 1. The maximum absolute atomic E-state index is 8.71. The Kier molecular flexibility index (Phi) is 7.71. The molecule has 0 fully saturated rings. The molecule has 0 aliphatic rings. The lowest BCUT2D eigenvalue weighted by Crippen LogP contribution is -3.00. The lowest BCUT2D eigenvalue weighted by molar-refractivity contribution is -0.733. The first kappa shape index (κ1) is 17.9. The zero-order valence-electron chi connectivity index (χ0n) is 12.1. The van der Waals surface area contributed by atoms with Crippen LogP contribution in [0.15, 0.2) is 17.5 Å². The quantitative estimate of drug-likeness (QED) is 0.317. The molecule has 0 amide bonds. The molecule has 0 spiro atoms. The van der Waals surface area contributed by atoms with Gasteiger partial charge >= 0.3 is 5.82 Å². The second-order valence-electron chi connectivity index (χ2n) is 5.60. The number of halogens is 1. The molecule has 6 heteroatoms. The number of ether oxygens (including phenoxy) is 1. The van der Waals surface area contributed by atoms with Crippen molar-refractivity contribution in [2.75, 3.05) is 6.61 Å². The first-order valence-corrected chi connectivity index (χ1v) is 6.31. The van der Waals surface area contributed by atoms with Crippen LogP contribution >= 0.6 is 0 Å². The molecule has 1 rings (SSSR count). The van der Waals surface area contributed by atoms with E-state index in [1.54, 1.807) is 0 Å². The van der Waals surface area contributed by atoms with Gasteiger partial charge in [0.1, 0.15) is 12.4 Å². The fraction of sp³-hybridized carbons (Fsp3) is 0.692. The van der Waals surface area contributed by atoms with Gasteiger partial charge in [-0.3, -0.25) is 0 Å². The van der Waals surface area contributed by atoms with Crippen LogP contribution in [0, 0.1) is 5.41 Å². The number of hydrogen-bond acceptors (Lipinski definition) is 3. The molecule has 0 aliphatic carbocycles. The lowest BCUT2D eigenvalue weighted by atomic mass is 9.99. The second-order valence-corrected chi connectivity index (χ2v) is 5.60.